The summed E-state index contributed by atoms with van der Waals surface area (Å²) in [7, 11) is 0. The molecule has 0 bridgehead atoms. The predicted octanol–water partition coefficient (Wildman–Crippen LogP) is 2.14. The van der Waals surface area contributed by atoms with E-state index in [2.05, 4.69) is 14.7 Å². The summed E-state index contributed by atoms with van der Waals surface area (Å²) in [6, 6.07) is 0. The molecule has 0 aliphatic carbocycles. The molecular weight excluding hydrogens is 265 g/mol. The number of ether oxygens (including phenoxy) is 1. The smallest absolute Gasteiger partial charge is 0.386 e. The molecule has 1 N–H and O–H groups in total. The fourth-order valence-electron chi connectivity index (χ4n) is 1.40. The molecule has 0 spiro atoms. The number of nitrogens with zero attached hydrogens (tertiary/aromatic N) is 1. The van der Waals surface area contributed by atoms with E-state index in [4.69, 9.17) is 0 Å². The molecule has 0 aromatic carbocycles. The normalized spacial score (nSPS) is 11.3. The van der Waals surface area contributed by atoms with Crippen LogP contribution in [-0.4, -0.2) is 28.1 Å². The number of H-pyrrole nitrogens is 1. The van der Waals surface area contributed by atoms with E-state index in [1.807, 2.05) is 0 Å². The highest BCUT2D eigenvalue weighted by molar-refractivity contribution is 5.88. The summed E-state index contributed by atoms with van der Waals surface area (Å²) in [6.07, 6.45) is 0.429. The van der Waals surface area contributed by atoms with Crippen molar-refractivity contribution in [3.63, 3.8) is 0 Å². The van der Waals surface area contributed by atoms with Crippen molar-refractivity contribution in [2.45, 2.75) is 38.3 Å². The Kier molecular flexibility index (Phi) is 5.53. The third-order valence-electron chi connectivity index (χ3n) is 2.32. The molecular formula is C11H13F3N2O3. The first kappa shape index (κ1) is 15.2. The van der Waals surface area contributed by atoms with Gasteiger partial charge < -0.3 is 9.72 Å². The Balaban J connectivity index is 2.09. The first-order chi connectivity index (χ1) is 8.89. The number of nitrogens with one attached hydrogen (secondary N) is 1. The zero-order valence-electron chi connectivity index (χ0n) is 10.00. The highest BCUT2D eigenvalue weighted by Crippen LogP contribution is 2.17. The molecule has 106 valence electrons. The van der Waals surface area contributed by atoms with Crippen molar-refractivity contribution >= 4 is 11.9 Å². The lowest BCUT2D eigenvalue weighted by atomic mass is 10.1. The van der Waals surface area contributed by atoms with Crippen LogP contribution >= 0.6 is 0 Å². The van der Waals surface area contributed by atoms with Crippen molar-refractivity contribution < 1.29 is 27.5 Å². The number of carbonyl (C=O) groups is 2. The maximum atomic E-state index is 11.8. The van der Waals surface area contributed by atoms with Crippen LogP contribution in [0.3, 0.4) is 0 Å². The second-order valence-electron chi connectivity index (χ2n) is 3.90. The molecule has 0 saturated carbocycles. The second kappa shape index (κ2) is 6.91. The van der Waals surface area contributed by atoms with E-state index >= 15 is 0 Å². The largest absolute Gasteiger partial charge is 0.491 e. The molecule has 0 radical (unpaired) electrons. The number of halogens is 3. The molecule has 19 heavy (non-hydrogen) atoms. The number of aryl methyl sites for hydroxylation is 1. The quantitative estimate of drug-likeness (QED) is 0.491. The van der Waals surface area contributed by atoms with Gasteiger partial charge in [0.05, 0.1) is 6.33 Å². The summed E-state index contributed by atoms with van der Waals surface area (Å²) < 4.78 is 39.0. The zero-order chi connectivity index (χ0) is 14.3. The number of hydrogen-bond donors (Lipinski definition) is 1. The van der Waals surface area contributed by atoms with Crippen molar-refractivity contribution in [3.8, 4) is 0 Å². The van der Waals surface area contributed by atoms with Crippen LogP contribution in [0, 0.1) is 0 Å². The van der Waals surface area contributed by atoms with Gasteiger partial charge in [0.15, 0.2) is 0 Å². The monoisotopic (exact) mass is 278 g/mol. The lowest BCUT2D eigenvalue weighted by Gasteiger charge is -2.05. The van der Waals surface area contributed by atoms with E-state index in [9.17, 15) is 22.8 Å². The van der Waals surface area contributed by atoms with E-state index in [0.29, 0.717) is 12.8 Å². The van der Waals surface area contributed by atoms with Crippen LogP contribution < -0.4 is 0 Å². The molecule has 0 saturated heterocycles. The van der Waals surface area contributed by atoms with Crippen LogP contribution in [-0.2, 0) is 20.7 Å². The Morgan fingerprint density at radius 3 is 2.58 bits per heavy atom. The molecule has 1 aromatic rings. The molecule has 0 aliphatic heterocycles. The van der Waals surface area contributed by atoms with Crippen LogP contribution in [0.2, 0.25) is 0 Å². The van der Waals surface area contributed by atoms with Crippen molar-refractivity contribution in [2.75, 3.05) is 0 Å². The molecule has 8 heteroatoms. The number of unbranched alkanes of at least 4 members (excludes halogenated alkanes) is 2. The first-order valence-electron chi connectivity index (χ1n) is 5.68. The van der Waals surface area contributed by atoms with Gasteiger partial charge in [-0.1, -0.05) is 6.42 Å². The van der Waals surface area contributed by atoms with E-state index in [0.717, 1.165) is 18.5 Å². The topological polar surface area (TPSA) is 72.1 Å². The summed E-state index contributed by atoms with van der Waals surface area (Å²) in [5.41, 5.74) is 0.954. The number of carbonyl (C=O) groups excluding carboxylic acids is 2. The third kappa shape index (κ3) is 6.03. The van der Waals surface area contributed by atoms with Crippen LogP contribution in [0.25, 0.3) is 0 Å². The molecule has 1 rings (SSSR count). The van der Waals surface area contributed by atoms with Crippen LogP contribution in [0.4, 0.5) is 13.2 Å². The molecule has 0 aliphatic rings. The highest BCUT2D eigenvalue weighted by atomic mass is 19.4. The average Bonchev–Trinajstić information content (AvgIpc) is 2.80. The van der Waals surface area contributed by atoms with E-state index in [1.165, 1.54) is 0 Å². The lowest BCUT2D eigenvalue weighted by molar-refractivity contribution is -0.201. The molecule has 0 unspecified atom stereocenters. The van der Waals surface area contributed by atoms with Gasteiger partial charge in [-0.05, 0) is 19.3 Å². The van der Waals surface area contributed by atoms with Crippen LogP contribution in [0.15, 0.2) is 12.5 Å². The fourth-order valence-corrected chi connectivity index (χ4v) is 1.40. The Morgan fingerprint density at radius 1 is 1.26 bits per heavy atom. The summed E-state index contributed by atoms with van der Waals surface area (Å²) in [5.74, 6) is -3.61. The predicted molar refractivity (Wildman–Crippen MR) is 57.9 cm³/mol. The molecule has 0 fully saturated rings. The molecule has 0 amide bonds. The van der Waals surface area contributed by atoms with Gasteiger partial charge in [-0.2, -0.15) is 13.2 Å². The minimum atomic E-state index is -5.13. The third-order valence-corrected chi connectivity index (χ3v) is 2.32. The van der Waals surface area contributed by atoms with Gasteiger partial charge in [-0.25, -0.2) is 9.78 Å². The molecule has 1 heterocycles. The number of esters is 2. The number of aromatic amines is 1. The minimum Gasteiger partial charge on any atom is -0.386 e. The first-order valence-corrected chi connectivity index (χ1v) is 5.68. The Hall–Kier alpha value is -1.86. The average molecular weight is 278 g/mol. The zero-order valence-corrected chi connectivity index (χ0v) is 10.00. The molecule has 5 nitrogen and oxygen atoms in total. The summed E-state index contributed by atoms with van der Waals surface area (Å²) in [4.78, 5) is 28.0. The van der Waals surface area contributed by atoms with Gasteiger partial charge in [-0.15, -0.1) is 0 Å². The standard InChI is InChI=1S/C11H13F3N2O3/c12-11(13,14)10(18)19-9(17)5-3-1-2-4-8-6-15-7-16-8/h6-7H,1-5H2,(H,15,16). The fraction of sp³-hybridized carbons (Fsp3) is 0.545. The van der Waals surface area contributed by atoms with E-state index < -0.39 is 18.1 Å². The van der Waals surface area contributed by atoms with Crippen LogP contribution in [0.1, 0.15) is 31.4 Å². The number of aromatic nitrogens is 2. The Labute approximate surface area is 107 Å². The Morgan fingerprint density at radius 2 is 2.00 bits per heavy atom. The number of rotatable bonds is 6. The summed E-state index contributed by atoms with van der Waals surface area (Å²) in [5, 5.41) is 0. The lowest BCUT2D eigenvalue weighted by Crippen LogP contribution is -2.27. The van der Waals surface area contributed by atoms with E-state index in [-0.39, 0.29) is 6.42 Å². The highest BCUT2D eigenvalue weighted by Gasteiger charge is 2.42. The van der Waals surface area contributed by atoms with Gasteiger partial charge in [0.2, 0.25) is 0 Å². The SMILES string of the molecule is O=C(CCCCCc1cnc[nH]1)OC(=O)C(F)(F)F. The van der Waals surface area contributed by atoms with Crippen molar-refractivity contribution in [1.29, 1.82) is 0 Å². The maximum Gasteiger partial charge on any atom is 0.491 e. The molecule has 0 atom stereocenters. The van der Waals surface area contributed by atoms with Gasteiger partial charge in [0.25, 0.3) is 0 Å². The number of alkyl halides is 3. The van der Waals surface area contributed by atoms with Crippen molar-refractivity contribution in [3.05, 3.63) is 18.2 Å². The van der Waals surface area contributed by atoms with Gasteiger partial charge in [0, 0.05) is 18.3 Å². The van der Waals surface area contributed by atoms with Crippen molar-refractivity contribution in [2.24, 2.45) is 0 Å². The van der Waals surface area contributed by atoms with Gasteiger partial charge in [0.1, 0.15) is 0 Å². The minimum absolute atomic E-state index is 0.204. The summed E-state index contributed by atoms with van der Waals surface area (Å²) in [6.45, 7) is 0. The van der Waals surface area contributed by atoms with Gasteiger partial charge in [-0.3, -0.25) is 4.79 Å². The van der Waals surface area contributed by atoms with Crippen molar-refractivity contribution in [1.82, 2.24) is 9.97 Å². The number of hydrogen-bond acceptors (Lipinski definition) is 4. The molecule has 1 aromatic heterocycles. The van der Waals surface area contributed by atoms with Crippen LogP contribution in [0.5, 0.6) is 0 Å². The Bertz CT molecular complexity index is 415. The summed E-state index contributed by atoms with van der Waals surface area (Å²) >= 11 is 0. The second-order valence-corrected chi connectivity index (χ2v) is 3.90. The number of imidazole rings is 1. The van der Waals surface area contributed by atoms with Gasteiger partial charge >= 0.3 is 18.1 Å². The van der Waals surface area contributed by atoms with E-state index in [1.54, 1.807) is 12.5 Å². The maximum absolute atomic E-state index is 11.8.